The van der Waals surface area contributed by atoms with E-state index in [4.69, 9.17) is 0 Å². The zero-order valence-electron chi connectivity index (χ0n) is 10.1. The van der Waals surface area contributed by atoms with Crippen LogP contribution in [-0.4, -0.2) is 28.0 Å². The van der Waals surface area contributed by atoms with Gasteiger partial charge in [0, 0.05) is 7.05 Å². The van der Waals surface area contributed by atoms with Crippen LogP contribution in [0.3, 0.4) is 0 Å². The summed E-state index contributed by atoms with van der Waals surface area (Å²) in [5.74, 6) is 0.504. The standard InChI is InChI=1S/C13H11N3O2S/c1-14-13(18)7-4-5-8(17)11-10(7)15-12(16-11)9-3-2-6-19-9/h2-6,17H,1H3,(H,14,18)(H,15,16). The van der Waals surface area contributed by atoms with Crippen LogP contribution >= 0.6 is 11.3 Å². The molecule has 0 aliphatic heterocycles. The van der Waals surface area contributed by atoms with Gasteiger partial charge in [-0.1, -0.05) is 6.07 Å². The summed E-state index contributed by atoms with van der Waals surface area (Å²) in [6, 6.07) is 6.91. The average Bonchev–Trinajstić information content (AvgIpc) is 3.07. The highest BCUT2D eigenvalue weighted by molar-refractivity contribution is 7.13. The van der Waals surface area contributed by atoms with Gasteiger partial charge in [0.2, 0.25) is 0 Å². The SMILES string of the molecule is CNC(=O)c1ccc(O)c2[nH]c(-c3cccs3)nc12. The van der Waals surface area contributed by atoms with Crippen molar-refractivity contribution < 1.29 is 9.90 Å². The molecule has 0 saturated carbocycles. The highest BCUT2D eigenvalue weighted by Crippen LogP contribution is 2.30. The van der Waals surface area contributed by atoms with Crippen LogP contribution < -0.4 is 5.32 Å². The molecule has 0 radical (unpaired) electrons. The van der Waals surface area contributed by atoms with Gasteiger partial charge in [0.25, 0.3) is 5.91 Å². The number of phenolic OH excluding ortho intramolecular Hbond substituents is 1. The van der Waals surface area contributed by atoms with Gasteiger partial charge < -0.3 is 15.4 Å². The van der Waals surface area contributed by atoms with Crippen molar-refractivity contribution in [3.05, 3.63) is 35.2 Å². The number of imidazole rings is 1. The van der Waals surface area contributed by atoms with Gasteiger partial charge in [-0.2, -0.15) is 0 Å². The molecule has 0 saturated heterocycles. The Hall–Kier alpha value is -2.34. The van der Waals surface area contributed by atoms with E-state index in [1.807, 2.05) is 17.5 Å². The number of rotatable bonds is 2. The van der Waals surface area contributed by atoms with E-state index in [-0.39, 0.29) is 11.7 Å². The number of aromatic amines is 1. The van der Waals surface area contributed by atoms with Crippen molar-refractivity contribution in [1.29, 1.82) is 0 Å². The van der Waals surface area contributed by atoms with Gasteiger partial charge in [-0.3, -0.25) is 4.79 Å². The number of carbonyl (C=O) groups excluding carboxylic acids is 1. The Morgan fingerprint density at radius 2 is 2.26 bits per heavy atom. The second kappa shape index (κ2) is 4.40. The van der Waals surface area contributed by atoms with E-state index in [2.05, 4.69) is 15.3 Å². The molecular weight excluding hydrogens is 262 g/mol. The van der Waals surface area contributed by atoms with Crippen molar-refractivity contribution in [2.24, 2.45) is 0 Å². The lowest BCUT2D eigenvalue weighted by molar-refractivity contribution is 0.0964. The summed E-state index contributed by atoms with van der Waals surface area (Å²) in [4.78, 5) is 20.2. The molecule has 0 aliphatic rings. The third-order valence-electron chi connectivity index (χ3n) is 2.85. The molecule has 96 valence electrons. The van der Waals surface area contributed by atoms with Crippen molar-refractivity contribution in [3.8, 4) is 16.5 Å². The first-order valence-corrected chi connectivity index (χ1v) is 6.56. The number of hydrogen-bond donors (Lipinski definition) is 3. The molecule has 3 N–H and O–H groups in total. The van der Waals surface area contributed by atoms with Crippen molar-refractivity contribution in [2.45, 2.75) is 0 Å². The number of aromatic hydroxyl groups is 1. The lowest BCUT2D eigenvalue weighted by Gasteiger charge is -2.01. The summed E-state index contributed by atoms with van der Waals surface area (Å²) in [6.07, 6.45) is 0. The lowest BCUT2D eigenvalue weighted by atomic mass is 10.1. The van der Waals surface area contributed by atoms with Crippen LogP contribution in [0.15, 0.2) is 29.6 Å². The van der Waals surface area contributed by atoms with E-state index in [0.717, 1.165) is 4.88 Å². The molecule has 0 fully saturated rings. The summed E-state index contributed by atoms with van der Waals surface area (Å²) < 4.78 is 0. The molecule has 2 heterocycles. The molecule has 1 amide bonds. The summed E-state index contributed by atoms with van der Waals surface area (Å²) in [5.41, 5.74) is 1.39. The first kappa shape index (κ1) is 11.7. The predicted molar refractivity (Wildman–Crippen MR) is 74.5 cm³/mol. The first-order valence-electron chi connectivity index (χ1n) is 5.68. The third kappa shape index (κ3) is 1.86. The van der Waals surface area contributed by atoms with Crippen LogP contribution in [0.25, 0.3) is 21.7 Å². The van der Waals surface area contributed by atoms with Gasteiger partial charge in [-0.05, 0) is 23.6 Å². The second-order valence-corrected chi connectivity index (χ2v) is 4.95. The summed E-state index contributed by atoms with van der Waals surface area (Å²) in [5, 5.41) is 14.4. The number of fused-ring (bicyclic) bond motifs is 1. The normalized spacial score (nSPS) is 10.8. The van der Waals surface area contributed by atoms with E-state index in [0.29, 0.717) is 22.4 Å². The van der Waals surface area contributed by atoms with E-state index >= 15 is 0 Å². The van der Waals surface area contributed by atoms with Crippen molar-refractivity contribution in [2.75, 3.05) is 7.05 Å². The van der Waals surface area contributed by atoms with Crippen molar-refractivity contribution in [1.82, 2.24) is 15.3 Å². The maximum absolute atomic E-state index is 11.8. The fourth-order valence-corrected chi connectivity index (χ4v) is 2.60. The maximum atomic E-state index is 11.8. The quantitative estimate of drug-likeness (QED) is 0.670. The topological polar surface area (TPSA) is 78.0 Å². The van der Waals surface area contributed by atoms with Crippen LogP contribution in [0.1, 0.15) is 10.4 Å². The molecular formula is C13H11N3O2S. The molecule has 3 rings (SSSR count). The van der Waals surface area contributed by atoms with Crippen LogP contribution in [0, 0.1) is 0 Å². The Morgan fingerprint density at radius 3 is 2.95 bits per heavy atom. The van der Waals surface area contributed by atoms with Crippen LogP contribution in [0.2, 0.25) is 0 Å². The third-order valence-corrected chi connectivity index (χ3v) is 3.73. The lowest BCUT2D eigenvalue weighted by Crippen LogP contribution is -2.18. The van der Waals surface area contributed by atoms with Gasteiger partial charge in [0.1, 0.15) is 22.6 Å². The molecule has 3 aromatic rings. The number of nitrogens with one attached hydrogen (secondary N) is 2. The Bertz CT molecular complexity index is 747. The second-order valence-electron chi connectivity index (χ2n) is 4.00. The summed E-state index contributed by atoms with van der Waals surface area (Å²) >= 11 is 1.54. The minimum Gasteiger partial charge on any atom is -0.506 e. The number of nitrogens with zero attached hydrogens (tertiary/aromatic N) is 1. The zero-order chi connectivity index (χ0) is 13.4. The minimum atomic E-state index is -0.228. The largest absolute Gasteiger partial charge is 0.506 e. The number of thiophene rings is 1. The van der Waals surface area contributed by atoms with Crippen molar-refractivity contribution >= 4 is 28.3 Å². The smallest absolute Gasteiger partial charge is 0.253 e. The molecule has 19 heavy (non-hydrogen) atoms. The number of carbonyl (C=O) groups is 1. The number of amides is 1. The van der Waals surface area contributed by atoms with Crippen LogP contribution in [-0.2, 0) is 0 Å². The molecule has 5 nitrogen and oxygen atoms in total. The van der Waals surface area contributed by atoms with Gasteiger partial charge >= 0.3 is 0 Å². The van der Waals surface area contributed by atoms with E-state index in [9.17, 15) is 9.90 Å². The monoisotopic (exact) mass is 273 g/mol. The molecule has 0 spiro atoms. The molecule has 1 aromatic carbocycles. The zero-order valence-corrected chi connectivity index (χ0v) is 10.9. The fourth-order valence-electron chi connectivity index (χ4n) is 1.93. The maximum Gasteiger partial charge on any atom is 0.253 e. The van der Waals surface area contributed by atoms with Crippen molar-refractivity contribution in [3.63, 3.8) is 0 Å². The molecule has 6 heteroatoms. The minimum absolute atomic E-state index is 0.0814. The molecule has 0 aliphatic carbocycles. The number of hydrogen-bond acceptors (Lipinski definition) is 4. The fraction of sp³-hybridized carbons (Fsp3) is 0.0769. The number of H-pyrrole nitrogens is 1. The average molecular weight is 273 g/mol. The Labute approximate surface area is 112 Å². The van der Waals surface area contributed by atoms with Gasteiger partial charge in [0.15, 0.2) is 0 Å². The summed E-state index contributed by atoms with van der Waals surface area (Å²) in [6.45, 7) is 0. The van der Waals surface area contributed by atoms with Crippen LogP contribution in [0.4, 0.5) is 0 Å². The number of phenols is 1. The van der Waals surface area contributed by atoms with Gasteiger partial charge in [-0.15, -0.1) is 11.3 Å². The number of aromatic nitrogens is 2. The highest BCUT2D eigenvalue weighted by atomic mass is 32.1. The van der Waals surface area contributed by atoms with Gasteiger partial charge in [-0.25, -0.2) is 4.98 Å². The molecule has 2 aromatic heterocycles. The summed E-state index contributed by atoms with van der Waals surface area (Å²) in [7, 11) is 1.56. The number of benzene rings is 1. The van der Waals surface area contributed by atoms with Crippen LogP contribution in [0.5, 0.6) is 5.75 Å². The highest BCUT2D eigenvalue weighted by Gasteiger charge is 2.16. The molecule has 0 atom stereocenters. The Kier molecular flexibility index (Phi) is 2.72. The Morgan fingerprint density at radius 1 is 1.42 bits per heavy atom. The predicted octanol–water partition coefficient (Wildman–Crippen LogP) is 2.36. The first-order chi connectivity index (χ1) is 9.20. The molecule has 0 unspecified atom stereocenters. The Balaban J connectivity index is 2.26. The molecule has 0 bridgehead atoms. The van der Waals surface area contributed by atoms with E-state index in [1.54, 1.807) is 24.5 Å². The van der Waals surface area contributed by atoms with E-state index < -0.39 is 0 Å². The van der Waals surface area contributed by atoms with Gasteiger partial charge in [0.05, 0.1) is 10.4 Å². The van der Waals surface area contributed by atoms with E-state index in [1.165, 1.54) is 6.07 Å².